The van der Waals surface area contributed by atoms with E-state index in [0.717, 1.165) is 39.3 Å². The Labute approximate surface area is 419 Å². The third-order valence-electron chi connectivity index (χ3n) is 12.4. The van der Waals surface area contributed by atoms with Gasteiger partial charge >= 0.3 is 6.16 Å². The van der Waals surface area contributed by atoms with Gasteiger partial charge in [-0.15, -0.1) is 0 Å². The molecular formula is C56H61AuN5O7-2. The summed E-state index contributed by atoms with van der Waals surface area (Å²) in [5.74, 6) is 1.13. The monoisotopic (exact) mass is 1110 g/mol. The summed E-state index contributed by atoms with van der Waals surface area (Å²) in [6.07, 6.45) is 5.01. The average molecular weight is 1110 g/mol. The quantitative estimate of drug-likeness (QED) is 0.0293. The third-order valence-corrected chi connectivity index (χ3v) is 12.4. The predicted molar refractivity (Wildman–Crippen MR) is 271 cm³/mol. The first kappa shape index (κ1) is 51.8. The Morgan fingerprint density at radius 3 is 1.51 bits per heavy atom. The summed E-state index contributed by atoms with van der Waals surface area (Å²) in [6.45, 7) is 26.2. The Balaban J connectivity index is 0.000000233. The van der Waals surface area contributed by atoms with E-state index in [1.807, 2.05) is 56.5 Å². The van der Waals surface area contributed by atoms with Crippen molar-refractivity contribution in [3.63, 3.8) is 0 Å². The molecule has 5 aromatic rings. The van der Waals surface area contributed by atoms with Gasteiger partial charge < -0.3 is 28.4 Å². The minimum absolute atomic E-state index is 0. The number of para-hydroxylation sites is 2. The van der Waals surface area contributed by atoms with Gasteiger partial charge in [-0.2, -0.15) is 6.67 Å². The van der Waals surface area contributed by atoms with E-state index < -0.39 is 11.1 Å². The zero-order valence-electron chi connectivity index (χ0n) is 41.2. The van der Waals surface area contributed by atoms with Gasteiger partial charge in [0, 0.05) is 74.5 Å². The molecule has 2 aliphatic heterocycles. The van der Waals surface area contributed by atoms with E-state index in [1.165, 1.54) is 41.0 Å². The van der Waals surface area contributed by atoms with Gasteiger partial charge in [0.1, 0.15) is 12.4 Å². The van der Waals surface area contributed by atoms with Gasteiger partial charge in [-0.3, -0.25) is 19.7 Å². The Bertz CT molecular complexity index is 3010. The van der Waals surface area contributed by atoms with E-state index in [9.17, 15) is 24.5 Å². The van der Waals surface area contributed by atoms with E-state index in [2.05, 4.69) is 125 Å². The maximum absolute atomic E-state index is 14.3. The first-order valence-corrected chi connectivity index (χ1v) is 23.2. The van der Waals surface area contributed by atoms with Gasteiger partial charge in [0.15, 0.2) is 10.9 Å². The van der Waals surface area contributed by atoms with Crippen LogP contribution >= 0.6 is 0 Å². The summed E-state index contributed by atoms with van der Waals surface area (Å²) < 4.78 is 14.1. The molecule has 0 saturated heterocycles. The second-order valence-corrected chi connectivity index (χ2v) is 18.7. The molecule has 1 radical (unpaired) electrons. The number of anilines is 1. The molecule has 69 heavy (non-hydrogen) atoms. The fourth-order valence-electron chi connectivity index (χ4n) is 9.18. The molecular weight excluding hydrogens is 1050 g/mol. The number of carbonyl (C=O) groups excluding carboxylic acids is 1. The fraction of sp³-hybridized carbons (Fsp3) is 0.304. The molecule has 8 rings (SSSR count). The molecule has 2 heterocycles. The summed E-state index contributed by atoms with van der Waals surface area (Å²) in [7, 11) is 0. The van der Waals surface area contributed by atoms with Crippen molar-refractivity contribution in [3.05, 3.63) is 203 Å². The minimum Gasteiger partial charge on any atom is -0.505 e. The van der Waals surface area contributed by atoms with Crippen LogP contribution < -0.4 is 20.5 Å². The van der Waals surface area contributed by atoms with Crippen LogP contribution in [0.2, 0.25) is 0 Å². The van der Waals surface area contributed by atoms with Crippen LogP contribution in [0.1, 0.15) is 118 Å². The molecule has 0 unspecified atom stereocenters. The topological polar surface area (TPSA) is 129 Å². The second kappa shape index (κ2) is 21.8. The number of non-ortho nitro benzene ring substituents is 1. The number of nitro groups is 1. The number of rotatable bonds is 12. The Kier molecular flexibility index (Phi) is 16.4. The van der Waals surface area contributed by atoms with Crippen LogP contribution in [0.4, 0.5) is 16.2 Å². The standard InChI is InChI=1S/C35H39N2O2.C21H22N3O5.Au/c1-20(2)24-15-11-16-25(21(3)4)30(24)36-19-37(31-26(22(5)6)17-12-18-27(31)23(7)8)33-32(36)34(38)28-13-9-10-14-29(28)35(33)39;1-15-12-16(2)20(17(3)13-15)23-9-8-22(14-23)10-11-28-21(25)29-19-6-4-18(5-7-19)24(26)27;/h9-23H,1-8H3;4-9,12-14H,10-11H2,1-3H3;/q2*-1;. The summed E-state index contributed by atoms with van der Waals surface area (Å²) in [5, 5.41) is 12.5. The van der Waals surface area contributed by atoms with E-state index in [4.69, 9.17) is 9.47 Å². The molecule has 12 nitrogen and oxygen atoms in total. The van der Waals surface area contributed by atoms with Crippen molar-refractivity contribution >= 4 is 28.3 Å². The molecule has 0 fully saturated rings. The van der Waals surface area contributed by atoms with Crippen LogP contribution in [0.25, 0.3) is 22.1 Å². The smallest absolute Gasteiger partial charge is 0.505 e. The molecule has 0 N–H and O–H groups in total. The molecule has 0 bridgehead atoms. The molecule has 365 valence electrons. The summed E-state index contributed by atoms with van der Waals surface area (Å²) in [5.41, 5.74) is 11.1. The second-order valence-electron chi connectivity index (χ2n) is 18.7. The number of ether oxygens (including phenoxy) is 2. The molecule has 3 aliphatic rings. The van der Waals surface area contributed by atoms with Crippen LogP contribution in [0.5, 0.6) is 5.75 Å². The first-order chi connectivity index (χ1) is 32.4. The fourth-order valence-corrected chi connectivity index (χ4v) is 9.18. The van der Waals surface area contributed by atoms with Crippen molar-refractivity contribution in [1.82, 2.24) is 14.0 Å². The maximum Gasteiger partial charge on any atom is 0.513 e. The Morgan fingerprint density at radius 1 is 0.638 bits per heavy atom. The van der Waals surface area contributed by atoms with Crippen LogP contribution in [0.15, 0.2) is 125 Å². The molecule has 1 aliphatic carbocycles. The van der Waals surface area contributed by atoms with Gasteiger partial charge in [-0.05, 0) is 91.5 Å². The number of hydrogen-bond donors (Lipinski definition) is 0. The molecule has 5 aromatic carbocycles. The van der Waals surface area contributed by atoms with E-state index in [1.54, 1.807) is 12.1 Å². The Morgan fingerprint density at radius 2 is 1.09 bits per heavy atom. The molecule has 0 atom stereocenters. The van der Waals surface area contributed by atoms with Crippen LogP contribution in [0, 0.1) is 48.3 Å². The average Bonchev–Trinajstić information content (AvgIpc) is 3.93. The van der Waals surface area contributed by atoms with Crippen molar-refractivity contribution < 1.29 is 41.6 Å². The number of fused-ring (bicyclic) bond motifs is 1. The van der Waals surface area contributed by atoms with E-state index >= 15 is 0 Å². The summed E-state index contributed by atoms with van der Waals surface area (Å²) in [6, 6.07) is 29.5. The first-order valence-electron chi connectivity index (χ1n) is 23.2. The number of aromatic nitrogens is 2. The van der Waals surface area contributed by atoms with Gasteiger partial charge in [-0.25, -0.2) is 4.79 Å². The number of benzene rings is 5. The van der Waals surface area contributed by atoms with Crippen molar-refractivity contribution in [3.8, 4) is 17.1 Å². The SMILES string of the molecule is CC(C)c1cccc(C(C)C)c1-n1[cH-]n(-c2c(C(C)C)cccc2C(C)C)c2c(=O)c3ccccc3c(=O)c1=2.Cc1cc(C)c(N2C=CN(CCOC(=O)Oc3ccc([N+](=O)[O-])cc3)[CH-]2)c(C)c1.[Au]. The van der Waals surface area contributed by atoms with Crippen LogP contribution in [-0.2, 0) is 27.1 Å². The van der Waals surface area contributed by atoms with Gasteiger partial charge in [0.2, 0.25) is 0 Å². The van der Waals surface area contributed by atoms with Crippen molar-refractivity contribution in [2.75, 3.05) is 18.1 Å². The zero-order chi connectivity index (χ0) is 49.1. The molecule has 0 aromatic heterocycles. The zero-order valence-corrected chi connectivity index (χ0v) is 43.3. The van der Waals surface area contributed by atoms with Crippen LogP contribution in [-0.4, -0.2) is 38.3 Å². The largest absolute Gasteiger partial charge is 0.513 e. The normalized spacial score (nSPS) is 12.3. The molecule has 0 saturated carbocycles. The molecule has 0 amide bonds. The molecule has 0 spiro atoms. The van der Waals surface area contributed by atoms with Gasteiger partial charge in [0.25, 0.3) is 5.69 Å². The predicted octanol–water partition coefficient (Wildman–Crippen LogP) is 12.5. The van der Waals surface area contributed by atoms with Crippen LogP contribution in [0.3, 0.4) is 0 Å². The number of hydrogen-bond acceptors (Lipinski definition) is 9. The van der Waals surface area contributed by atoms with Gasteiger partial charge in [0.05, 0.1) is 4.92 Å². The number of aryl methyl sites for hydroxylation is 3. The molecule has 13 heteroatoms. The maximum atomic E-state index is 14.3. The Hall–Kier alpha value is -6.60. The van der Waals surface area contributed by atoms with E-state index in [-0.39, 0.29) is 75.0 Å². The number of nitrogens with zero attached hydrogens (tertiary/aromatic N) is 5. The number of nitro benzene ring substituents is 1. The van der Waals surface area contributed by atoms with E-state index in [0.29, 0.717) is 28.0 Å². The summed E-state index contributed by atoms with van der Waals surface area (Å²) >= 11 is 0. The summed E-state index contributed by atoms with van der Waals surface area (Å²) in [4.78, 5) is 54.4. The van der Waals surface area contributed by atoms with Crippen molar-refractivity contribution in [2.45, 2.75) is 99.8 Å². The van der Waals surface area contributed by atoms with Gasteiger partial charge in [-0.1, -0.05) is 156 Å². The third kappa shape index (κ3) is 10.8. The minimum atomic E-state index is -0.857. The van der Waals surface area contributed by atoms with Crippen molar-refractivity contribution in [2.24, 2.45) is 0 Å². The number of carbonyl (C=O) groups is 1. The van der Waals surface area contributed by atoms with Crippen molar-refractivity contribution in [1.29, 1.82) is 0 Å².